The van der Waals surface area contributed by atoms with Crippen LogP contribution in [-0.2, 0) is 16.2 Å². The highest BCUT2D eigenvalue weighted by molar-refractivity contribution is 6.20. The number of rotatable bonds is 8. The lowest BCUT2D eigenvalue weighted by Gasteiger charge is -2.32. The van der Waals surface area contributed by atoms with E-state index in [2.05, 4.69) is 0 Å². The highest BCUT2D eigenvalue weighted by Crippen LogP contribution is 2.35. The molecule has 2 amide bonds. The van der Waals surface area contributed by atoms with E-state index >= 15 is 0 Å². The molecule has 0 bridgehead atoms. The minimum absolute atomic E-state index is 0.0460. The summed E-state index contributed by atoms with van der Waals surface area (Å²) in [7, 11) is 0. The molecule has 0 radical (unpaired) electrons. The van der Waals surface area contributed by atoms with E-state index in [0.29, 0.717) is 33.7 Å². The molecule has 1 unspecified atom stereocenters. The fourth-order valence-corrected chi connectivity index (χ4v) is 5.43. The van der Waals surface area contributed by atoms with Crippen LogP contribution in [-0.4, -0.2) is 26.5 Å². The van der Waals surface area contributed by atoms with Gasteiger partial charge in [0.05, 0.1) is 11.7 Å². The van der Waals surface area contributed by atoms with Gasteiger partial charge in [-0.3, -0.25) is 14.5 Å². The molecule has 46 heavy (non-hydrogen) atoms. The molecule has 1 aromatic heterocycles. The number of carbonyl (C=O) groups is 2. The molecule has 1 aliphatic rings. The predicted molar refractivity (Wildman–Crippen MR) is 173 cm³/mol. The van der Waals surface area contributed by atoms with Crippen molar-refractivity contribution in [3.8, 4) is 28.8 Å². The second-order valence-corrected chi connectivity index (χ2v) is 10.9. The zero-order valence-electron chi connectivity index (χ0n) is 25.2. The molecule has 0 N–H and O–H groups in total. The number of nitriles is 1. The molecule has 4 aromatic carbocycles. The summed E-state index contributed by atoms with van der Waals surface area (Å²) in [6.07, 6.45) is 3.49. The number of hydrogen-bond acceptors (Lipinski definition) is 5. The third kappa shape index (κ3) is 5.86. The molecule has 7 nitrogen and oxygen atoms in total. The first-order valence-electron chi connectivity index (χ1n) is 14.7. The van der Waals surface area contributed by atoms with Crippen molar-refractivity contribution in [2.75, 3.05) is 0 Å². The van der Waals surface area contributed by atoms with Crippen LogP contribution < -0.4 is 4.74 Å². The summed E-state index contributed by atoms with van der Waals surface area (Å²) in [5.41, 5.74) is 4.27. The summed E-state index contributed by atoms with van der Waals surface area (Å²) >= 11 is 0. The fraction of sp³-hybridized carbons (Fsp3) is 0.105. The maximum Gasteiger partial charge on any atom is 0.272 e. The number of carbonyl (C=O) groups excluding carboxylic acids is 2. The third-order valence-electron chi connectivity index (χ3n) is 7.96. The van der Waals surface area contributed by atoms with Gasteiger partial charge in [-0.25, -0.2) is 9.07 Å². The maximum atomic E-state index is 14.2. The highest BCUT2D eigenvalue weighted by atomic mass is 19.1. The fourth-order valence-electron chi connectivity index (χ4n) is 5.43. The van der Waals surface area contributed by atoms with Crippen molar-refractivity contribution in [1.82, 2.24) is 14.7 Å². The Bertz CT molecular complexity index is 2040. The van der Waals surface area contributed by atoms with Gasteiger partial charge in [-0.1, -0.05) is 78.9 Å². The molecule has 6 rings (SSSR count). The smallest absolute Gasteiger partial charge is 0.272 e. The Kier molecular flexibility index (Phi) is 8.40. The Labute approximate surface area is 266 Å². The third-order valence-corrected chi connectivity index (χ3v) is 7.96. The number of nitrogens with zero attached hydrogens (tertiary/aromatic N) is 4. The monoisotopic (exact) mass is 608 g/mol. The maximum absolute atomic E-state index is 14.2. The summed E-state index contributed by atoms with van der Waals surface area (Å²) in [5, 5.41) is 14.9. The quantitative estimate of drug-likeness (QED) is 0.134. The summed E-state index contributed by atoms with van der Waals surface area (Å²) in [5.74, 6) is -0.962. The zero-order chi connectivity index (χ0) is 32.2. The number of amides is 2. The number of imide groups is 1. The van der Waals surface area contributed by atoms with Gasteiger partial charge in [0.2, 0.25) is 0 Å². The Morgan fingerprint density at radius 2 is 1.61 bits per heavy atom. The first kappa shape index (κ1) is 30.0. The predicted octanol–water partition coefficient (Wildman–Crippen LogP) is 7.61. The van der Waals surface area contributed by atoms with Crippen LogP contribution in [0.5, 0.6) is 5.75 Å². The summed E-state index contributed by atoms with van der Waals surface area (Å²) < 4.78 is 21.9. The van der Waals surface area contributed by atoms with Crippen LogP contribution in [0.25, 0.3) is 23.0 Å². The lowest BCUT2D eigenvalue weighted by Crippen LogP contribution is -2.44. The SMILES string of the molecule is CC1=C(C#N)C(=O)N(C(C)c2ccccc2)C(=O)/C1=C/c1cn(-c2ccccc2)nc1-c1cccc(OCc2ccccc2F)c1. The van der Waals surface area contributed by atoms with Crippen LogP contribution in [0.1, 0.15) is 36.6 Å². The van der Waals surface area contributed by atoms with Crippen molar-refractivity contribution in [3.63, 3.8) is 0 Å². The van der Waals surface area contributed by atoms with E-state index in [9.17, 15) is 19.2 Å². The van der Waals surface area contributed by atoms with E-state index in [0.717, 1.165) is 16.2 Å². The molecule has 5 aromatic rings. The van der Waals surface area contributed by atoms with E-state index in [-0.39, 0.29) is 23.6 Å². The zero-order valence-corrected chi connectivity index (χ0v) is 25.2. The van der Waals surface area contributed by atoms with Crippen LogP contribution in [0.3, 0.4) is 0 Å². The first-order valence-corrected chi connectivity index (χ1v) is 14.7. The van der Waals surface area contributed by atoms with Crippen LogP contribution >= 0.6 is 0 Å². The molecule has 0 spiro atoms. The molecular formula is C38H29FN4O3. The topological polar surface area (TPSA) is 88.2 Å². The molecule has 2 heterocycles. The van der Waals surface area contributed by atoms with Gasteiger partial charge in [-0.2, -0.15) is 10.4 Å². The molecule has 0 fully saturated rings. The van der Waals surface area contributed by atoms with Gasteiger partial charge in [-0.15, -0.1) is 0 Å². The lowest BCUT2D eigenvalue weighted by molar-refractivity contribution is -0.143. The van der Waals surface area contributed by atoms with Crippen molar-refractivity contribution in [1.29, 1.82) is 5.26 Å². The minimum Gasteiger partial charge on any atom is -0.489 e. The van der Waals surface area contributed by atoms with Gasteiger partial charge < -0.3 is 4.74 Å². The van der Waals surface area contributed by atoms with E-state index in [1.54, 1.807) is 61.1 Å². The first-order chi connectivity index (χ1) is 22.4. The molecular weight excluding hydrogens is 579 g/mol. The largest absolute Gasteiger partial charge is 0.489 e. The summed E-state index contributed by atoms with van der Waals surface area (Å²) in [6.45, 7) is 3.43. The van der Waals surface area contributed by atoms with Gasteiger partial charge in [0.1, 0.15) is 35.5 Å². The number of para-hydroxylation sites is 1. The minimum atomic E-state index is -0.626. The molecule has 1 atom stereocenters. The molecule has 1 aliphatic heterocycles. The average Bonchev–Trinajstić information content (AvgIpc) is 3.51. The molecule has 8 heteroatoms. The number of aromatic nitrogens is 2. The highest BCUT2D eigenvalue weighted by Gasteiger charge is 2.39. The van der Waals surface area contributed by atoms with Crippen LogP contribution in [0.2, 0.25) is 0 Å². The van der Waals surface area contributed by atoms with Gasteiger partial charge in [0.15, 0.2) is 0 Å². The second kappa shape index (κ2) is 12.9. The van der Waals surface area contributed by atoms with E-state index in [1.807, 2.05) is 78.9 Å². The molecule has 226 valence electrons. The summed E-state index contributed by atoms with van der Waals surface area (Å²) in [6, 6.07) is 33.9. The number of benzene rings is 4. The molecule has 0 aliphatic carbocycles. The van der Waals surface area contributed by atoms with Crippen molar-refractivity contribution < 1.29 is 18.7 Å². The number of halogens is 1. The Hall–Kier alpha value is -6.07. The lowest BCUT2D eigenvalue weighted by atomic mass is 9.91. The van der Waals surface area contributed by atoms with Gasteiger partial charge in [0, 0.05) is 28.5 Å². The summed E-state index contributed by atoms with van der Waals surface area (Å²) in [4.78, 5) is 28.6. The van der Waals surface area contributed by atoms with Crippen molar-refractivity contribution in [3.05, 3.63) is 155 Å². The van der Waals surface area contributed by atoms with Gasteiger partial charge >= 0.3 is 0 Å². The van der Waals surface area contributed by atoms with Crippen LogP contribution in [0, 0.1) is 17.1 Å². The normalized spacial score (nSPS) is 14.8. The van der Waals surface area contributed by atoms with Crippen LogP contribution in [0.4, 0.5) is 4.39 Å². The standard InChI is InChI=1S/C38H29FN4O3/c1-25-33(37(44)43(38(45)34(25)22-40)26(2)27-12-5-3-6-13-27)21-30-23-42(31-16-7-4-8-17-31)41-36(30)28-15-11-18-32(20-28)46-24-29-14-9-10-19-35(29)39/h3-21,23,26H,24H2,1-2H3/b33-21+. The molecule has 0 saturated heterocycles. The van der Waals surface area contributed by atoms with Crippen molar-refractivity contribution in [2.24, 2.45) is 0 Å². The Morgan fingerprint density at radius 3 is 2.33 bits per heavy atom. The second-order valence-electron chi connectivity index (χ2n) is 10.9. The van der Waals surface area contributed by atoms with Crippen LogP contribution in [0.15, 0.2) is 132 Å². The molecule has 0 saturated carbocycles. The average molecular weight is 609 g/mol. The van der Waals surface area contributed by atoms with Crippen molar-refractivity contribution in [2.45, 2.75) is 26.5 Å². The van der Waals surface area contributed by atoms with E-state index < -0.39 is 17.9 Å². The van der Waals surface area contributed by atoms with Crippen molar-refractivity contribution >= 4 is 17.9 Å². The van der Waals surface area contributed by atoms with E-state index in [4.69, 9.17) is 9.84 Å². The Morgan fingerprint density at radius 1 is 0.913 bits per heavy atom. The van der Waals surface area contributed by atoms with Gasteiger partial charge in [0.25, 0.3) is 11.8 Å². The Balaban J connectivity index is 1.44. The van der Waals surface area contributed by atoms with Gasteiger partial charge in [-0.05, 0) is 61.4 Å². The number of hydrogen-bond donors (Lipinski definition) is 0. The number of ether oxygens (including phenoxy) is 1. The van der Waals surface area contributed by atoms with E-state index in [1.165, 1.54) is 6.07 Å².